The highest BCUT2D eigenvalue weighted by atomic mass is 79.9. The topological polar surface area (TPSA) is 55.1 Å². The van der Waals surface area contributed by atoms with Crippen LogP contribution in [0.5, 0.6) is 0 Å². The molecule has 0 radical (unpaired) electrons. The second-order valence-electron chi connectivity index (χ2n) is 3.48. The fourth-order valence-electron chi connectivity index (χ4n) is 1.32. The molecule has 1 atom stereocenters. The number of anilines is 1. The minimum atomic E-state index is -0.531. The van der Waals surface area contributed by atoms with E-state index in [1.54, 1.807) is 6.07 Å². The summed E-state index contributed by atoms with van der Waals surface area (Å²) in [6.45, 7) is 1.81. The fourth-order valence-corrected chi connectivity index (χ4v) is 1.84. The molecular weight excluding hydrogens is 307 g/mol. The Hall–Kier alpha value is -1.01. The van der Waals surface area contributed by atoms with Crippen LogP contribution in [0.3, 0.4) is 0 Å². The number of carbonyl (C=O) groups is 1. The molecule has 6 heteroatoms. The van der Waals surface area contributed by atoms with E-state index in [9.17, 15) is 9.18 Å². The Bertz CT molecular complexity index is 453. The maximum atomic E-state index is 13.2. The van der Waals surface area contributed by atoms with Crippen LogP contribution >= 0.6 is 28.1 Å². The predicted octanol–water partition coefficient (Wildman–Crippen LogP) is 2.84. The molecule has 0 saturated heterocycles. The summed E-state index contributed by atoms with van der Waals surface area (Å²) in [6, 6.07) is 4.35. The summed E-state index contributed by atoms with van der Waals surface area (Å²) in [5.74, 6) is -1.29. The standard InChI is InChI=1S/C11H12BrFN2OS/c1-2-7(10(14)17)11(16)15-6-3-4-8(12)9(13)5-6/h3-5,7H,2H2,1H3,(H2,14,17)(H,15,16). The molecule has 3 nitrogen and oxygen atoms in total. The average molecular weight is 319 g/mol. The molecule has 0 fully saturated rings. The molecule has 0 aliphatic heterocycles. The van der Waals surface area contributed by atoms with E-state index in [0.717, 1.165) is 0 Å². The van der Waals surface area contributed by atoms with Gasteiger partial charge in [-0.3, -0.25) is 4.79 Å². The maximum absolute atomic E-state index is 13.2. The van der Waals surface area contributed by atoms with Crippen LogP contribution in [-0.4, -0.2) is 10.9 Å². The van der Waals surface area contributed by atoms with Crippen molar-refractivity contribution in [2.75, 3.05) is 5.32 Å². The van der Waals surface area contributed by atoms with Crippen LogP contribution in [0.25, 0.3) is 0 Å². The highest BCUT2D eigenvalue weighted by molar-refractivity contribution is 9.10. The molecule has 1 aromatic carbocycles. The molecule has 0 aliphatic carbocycles. The van der Waals surface area contributed by atoms with Crippen molar-refractivity contribution in [2.45, 2.75) is 13.3 Å². The third-order valence-electron chi connectivity index (χ3n) is 2.26. The maximum Gasteiger partial charge on any atom is 0.234 e. The van der Waals surface area contributed by atoms with E-state index >= 15 is 0 Å². The first-order valence-corrected chi connectivity index (χ1v) is 6.21. The number of nitrogens with two attached hydrogens (primary N) is 1. The van der Waals surface area contributed by atoms with Crippen LogP contribution in [0.4, 0.5) is 10.1 Å². The van der Waals surface area contributed by atoms with E-state index in [-0.39, 0.29) is 10.9 Å². The quantitative estimate of drug-likeness (QED) is 0.839. The van der Waals surface area contributed by atoms with E-state index in [0.29, 0.717) is 16.6 Å². The van der Waals surface area contributed by atoms with Crippen LogP contribution in [0.2, 0.25) is 0 Å². The Morgan fingerprint density at radius 1 is 1.65 bits per heavy atom. The van der Waals surface area contributed by atoms with E-state index in [4.69, 9.17) is 18.0 Å². The van der Waals surface area contributed by atoms with Gasteiger partial charge < -0.3 is 11.1 Å². The number of nitrogens with one attached hydrogen (secondary N) is 1. The van der Waals surface area contributed by atoms with Crippen LogP contribution < -0.4 is 11.1 Å². The molecule has 0 spiro atoms. The minimum Gasteiger partial charge on any atom is -0.393 e. The first-order chi connectivity index (χ1) is 7.95. The number of halogens is 2. The van der Waals surface area contributed by atoms with Gasteiger partial charge >= 0.3 is 0 Å². The Morgan fingerprint density at radius 2 is 2.29 bits per heavy atom. The summed E-state index contributed by atoms with van der Waals surface area (Å²) in [4.78, 5) is 11.9. The number of carbonyl (C=O) groups excluding carboxylic acids is 1. The van der Waals surface area contributed by atoms with Gasteiger partial charge in [-0.15, -0.1) is 0 Å². The number of rotatable bonds is 4. The van der Waals surface area contributed by atoms with Gasteiger partial charge in [0.2, 0.25) is 5.91 Å². The van der Waals surface area contributed by atoms with Crippen molar-refractivity contribution in [1.82, 2.24) is 0 Å². The lowest BCUT2D eigenvalue weighted by atomic mass is 10.1. The molecule has 17 heavy (non-hydrogen) atoms. The van der Waals surface area contributed by atoms with E-state index in [1.165, 1.54) is 12.1 Å². The zero-order valence-electron chi connectivity index (χ0n) is 9.17. The molecule has 92 valence electrons. The Labute approximate surface area is 113 Å². The number of thiocarbonyl (C=S) groups is 1. The van der Waals surface area contributed by atoms with Gasteiger partial charge in [0.1, 0.15) is 5.82 Å². The van der Waals surface area contributed by atoms with Gasteiger partial charge in [0.25, 0.3) is 0 Å². The van der Waals surface area contributed by atoms with Gasteiger partial charge in [-0.05, 0) is 40.5 Å². The number of hydrogen-bond donors (Lipinski definition) is 2. The average Bonchev–Trinajstić information content (AvgIpc) is 2.24. The summed E-state index contributed by atoms with van der Waals surface area (Å²) < 4.78 is 13.6. The molecule has 0 saturated carbocycles. The van der Waals surface area contributed by atoms with Crippen molar-refractivity contribution >= 4 is 44.7 Å². The number of hydrogen-bond acceptors (Lipinski definition) is 2. The summed E-state index contributed by atoms with van der Waals surface area (Å²) in [6.07, 6.45) is 0.514. The molecule has 1 aromatic rings. The summed E-state index contributed by atoms with van der Waals surface area (Å²) in [5.41, 5.74) is 5.82. The Balaban J connectivity index is 2.80. The molecule has 0 aliphatic rings. The molecular formula is C11H12BrFN2OS. The molecule has 1 amide bonds. The molecule has 1 rings (SSSR count). The predicted molar refractivity (Wildman–Crippen MR) is 73.3 cm³/mol. The lowest BCUT2D eigenvalue weighted by Gasteiger charge is -2.13. The van der Waals surface area contributed by atoms with Gasteiger partial charge in [-0.25, -0.2) is 4.39 Å². The molecule has 3 N–H and O–H groups in total. The van der Waals surface area contributed by atoms with Gasteiger partial charge in [-0.1, -0.05) is 19.1 Å². The van der Waals surface area contributed by atoms with Crippen molar-refractivity contribution in [3.8, 4) is 0 Å². The van der Waals surface area contributed by atoms with Crippen molar-refractivity contribution in [2.24, 2.45) is 11.7 Å². The molecule has 0 aromatic heterocycles. The normalized spacial score (nSPS) is 11.9. The Morgan fingerprint density at radius 3 is 2.76 bits per heavy atom. The number of benzene rings is 1. The van der Waals surface area contributed by atoms with Crippen LogP contribution in [0.15, 0.2) is 22.7 Å². The molecule has 0 heterocycles. The first-order valence-electron chi connectivity index (χ1n) is 5.01. The van der Waals surface area contributed by atoms with Crippen molar-refractivity contribution in [1.29, 1.82) is 0 Å². The van der Waals surface area contributed by atoms with E-state index < -0.39 is 11.7 Å². The van der Waals surface area contributed by atoms with Crippen molar-refractivity contribution in [3.63, 3.8) is 0 Å². The second kappa shape index (κ2) is 6.07. The summed E-state index contributed by atoms with van der Waals surface area (Å²) in [5, 5.41) is 2.58. The zero-order chi connectivity index (χ0) is 13.0. The third-order valence-corrected chi connectivity index (χ3v) is 3.18. The van der Waals surface area contributed by atoms with Crippen LogP contribution in [-0.2, 0) is 4.79 Å². The highest BCUT2D eigenvalue weighted by Gasteiger charge is 2.19. The van der Waals surface area contributed by atoms with Crippen molar-refractivity contribution in [3.05, 3.63) is 28.5 Å². The fraction of sp³-hybridized carbons (Fsp3) is 0.273. The summed E-state index contributed by atoms with van der Waals surface area (Å²) in [7, 11) is 0. The van der Waals surface area contributed by atoms with Gasteiger partial charge in [0.15, 0.2) is 0 Å². The van der Waals surface area contributed by atoms with Gasteiger partial charge in [0, 0.05) is 5.69 Å². The SMILES string of the molecule is CCC(C(=O)Nc1ccc(Br)c(F)c1)C(N)=S. The largest absolute Gasteiger partial charge is 0.393 e. The lowest BCUT2D eigenvalue weighted by Crippen LogP contribution is -2.32. The van der Waals surface area contributed by atoms with E-state index in [1.807, 2.05) is 6.92 Å². The Kier molecular flexibility index (Phi) is 5.02. The second-order valence-corrected chi connectivity index (χ2v) is 4.81. The molecule has 0 bridgehead atoms. The zero-order valence-corrected chi connectivity index (χ0v) is 11.6. The molecule has 1 unspecified atom stereocenters. The smallest absolute Gasteiger partial charge is 0.234 e. The minimum absolute atomic E-state index is 0.141. The van der Waals surface area contributed by atoms with E-state index in [2.05, 4.69) is 21.2 Å². The van der Waals surface area contributed by atoms with Crippen LogP contribution in [0.1, 0.15) is 13.3 Å². The summed E-state index contributed by atoms with van der Waals surface area (Å²) >= 11 is 7.82. The lowest BCUT2D eigenvalue weighted by molar-refractivity contribution is -0.118. The van der Waals surface area contributed by atoms with Crippen LogP contribution in [0, 0.1) is 11.7 Å². The number of amides is 1. The van der Waals surface area contributed by atoms with Gasteiger partial charge in [0.05, 0.1) is 15.4 Å². The van der Waals surface area contributed by atoms with Crippen molar-refractivity contribution < 1.29 is 9.18 Å². The highest BCUT2D eigenvalue weighted by Crippen LogP contribution is 2.20. The third kappa shape index (κ3) is 3.74. The first kappa shape index (κ1) is 14.1. The monoisotopic (exact) mass is 318 g/mol. The van der Waals surface area contributed by atoms with Gasteiger partial charge in [-0.2, -0.15) is 0 Å².